The van der Waals surface area contributed by atoms with Crippen LogP contribution in [0.15, 0.2) is 36.4 Å². The molecule has 0 spiro atoms. The quantitative estimate of drug-likeness (QED) is 0.470. The Morgan fingerprint density at radius 3 is 1.50 bits per heavy atom. The molecule has 4 nitrogen and oxygen atoms in total. The van der Waals surface area contributed by atoms with Gasteiger partial charge >= 0.3 is 0 Å². The molecular weight excluding hydrogens is 368 g/mol. The van der Waals surface area contributed by atoms with Crippen molar-refractivity contribution < 1.29 is 0 Å². The normalized spacial score (nSPS) is 18.1. The van der Waals surface area contributed by atoms with E-state index in [-0.39, 0.29) is 0 Å². The highest BCUT2D eigenvalue weighted by atomic mass is 15.1. The van der Waals surface area contributed by atoms with E-state index in [1.165, 1.54) is 75.6 Å². The molecule has 2 N–H and O–H groups in total. The maximum Gasteiger partial charge on any atom is 0.0923 e. The Labute approximate surface area is 180 Å². The van der Waals surface area contributed by atoms with Crippen LogP contribution in [0.3, 0.4) is 0 Å². The van der Waals surface area contributed by atoms with Crippen molar-refractivity contribution in [3.05, 3.63) is 47.8 Å². The lowest BCUT2D eigenvalue weighted by molar-refractivity contribution is 0.436. The summed E-state index contributed by atoms with van der Waals surface area (Å²) in [5.74, 6) is 1.31. The van der Waals surface area contributed by atoms with Gasteiger partial charge < -0.3 is 0 Å². The number of nitrogens with one attached hydrogen (secondary N) is 2. The topological polar surface area (TPSA) is 57.4 Å². The van der Waals surface area contributed by atoms with Crippen molar-refractivity contribution in [3.63, 3.8) is 0 Å². The molecule has 2 heterocycles. The molecule has 0 aliphatic heterocycles. The number of H-pyrrole nitrogens is 2. The van der Waals surface area contributed by atoms with Crippen molar-refractivity contribution >= 4 is 0 Å². The van der Waals surface area contributed by atoms with Crippen LogP contribution >= 0.6 is 0 Å². The molecule has 30 heavy (non-hydrogen) atoms. The van der Waals surface area contributed by atoms with Crippen molar-refractivity contribution in [2.24, 2.45) is 0 Å². The van der Waals surface area contributed by atoms with Gasteiger partial charge in [0.25, 0.3) is 0 Å². The minimum Gasteiger partial charge on any atom is -0.282 e. The Hall–Kier alpha value is -2.36. The highest BCUT2D eigenvalue weighted by Crippen LogP contribution is 2.35. The van der Waals surface area contributed by atoms with Crippen LogP contribution in [0, 0.1) is 0 Å². The van der Waals surface area contributed by atoms with Crippen molar-refractivity contribution in [1.29, 1.82) is 0 Å². The molecule has 2 aliphatic carbocycles. The van der Waals surface area contributed by atoms with Crippen LogP contribution in [0.1, 0.15) is 101 Å². The van der Waals surface area contributed by atoms with E-state index in [9.17, 15) is 0 Å². The number of benzene rings is 1. The zero-order valence-electron chi connectivity index (χ0n) is 18.6. The molecule has 2 aromatic heterocycles. The van der Waals surface area contributed by atoms with Gasteiger partial charge in [-0.3, -0.25) is 10.2 Å². The predicted octanol–water partition coefficient (Wildman–Crippen LogP) is 7.59. The molecule has 4 heteroatoms. The largest absolute Gasteiger partial charge is 0.282 e. The van der Waals surface area contributed by atoms with Crippen LogP contribution in [-0.4, -0.2) is 20.4 Å². The summed E-state index contributed by atoms with van der Waals surface area (Å²) < 4.78 is 0. The van der Waals surface area contributed by atoms with E-state index in [4.69, 9.17) is 0 Å². The molecule has 3 aromatic rings. The van der Waals surface area contributed by atoms with Gasteiger partial charge in [0, 0.05) is 34.4 Å². The Balaban J connectivity index is 0.00000106. The highest BCUT2D eigenvalue weighted by molar-refractivity contribution is 5.69. The van der Waals surface area contributed by atoms with Crippen LogP contribution in [0.4, 0.5) is 0 Å². The van der Waals surface area contributed by atoms with E-state index in [2.05, 4.69) is 56.8 Å². The Kier molecular flexibility index (Phi) is 7.03. The summed E-state index contributed by atoms with van der Waals surface area (Å²) in [6, 6.07) is 13.2. The summed E-state index contributed by atoms with van der Waals surface area (Å²) in [7, 11) is 0. The van der Waals surface area contributed by atoms with Crippen molar-refractivity contribution in [2.45, 2.75) is 89.9 Å². The Bertz CT molecular complexity index is 839. The summed E-state index contributed by atoms with van der Waals surface area (Å²) in [5, 5.41) is 15.9. The molecule has 0 unspecified atom stereocenters. The van der Waals surface area contributed by atoms with Crippen LogP contribution < -0.4 is 0 Å². The average Bonchev–Trinajstić information content (AvgIpc) is 3.52. The van der Waals surface area contributed by atoms with Gasteiger partial charge in [-0.1, -0.05) is 70.6 Å². The van der Waals surface area contributed by atoms with E-state index in [1.807, 2.05) is 13.8 Å². The number of aromatic nitrogens is 4. The molecule has 0 bridgehead atoms. The number of aromatic amines is 2. The van der Waals surface area contributed by atoms with Gasteiger partial charge in [0.15, 0.2) is 0 Å². The molecule has 2 aliphatic rings. The fourth-order valence-corrected chi connectivity index (χ4v) is 5.05. The average molecular weight is 405 g/mol. The van der Waals surface area contributed by atoms with E-state index < -0.39 is 0 Å². The Morgan fingerprint density at radius 1 is 0.633 bits per heavy atom. The second kappa shape index (κ2) is 10.1. The first kappa shape index (κ1) is 20.9. The van der Waals surface area contributed by atoms with Crippen molar-refractivity contribution in [3.8, 4) is 22.5 Å². The van der Waals surface area contributed by atoms with E-state index in [0.29, 0.717) is 11.8 Å². The zero-order chi connectivity index (χ0) is 20.8. The van der Waals surface area contributed by atoms with E-state index >= 15 is 0 Å². The zero-order valence-corrected chi connectivity index (χ0v) is 18.6. The minimum absolute atomic E-state index is 0.655. The van der Waals surface area contributed by atoms with Crippen molar-refractivity contribution in [2.75, 3.05) is 0 Å². The molecule has 5 rings (SSSR count). The molecule has 0 radical (unpaired) electrons. The number of nitrogens with zero attached hydrogens (tertiary/aromatic N) is 2. The summed E-state index contributed by atoms with van der Waals surface area (Å²) in [6.07, 6.45) is 13.3. The first-order valence-corrected chi connectivity index (χ1v) is 12.1. The first-order chi connectivity index (χ1) is 14.9. The molecule has 2 saturated carbocycles. The van der Waals surface area contributed by atoms with Gasteiger partial charge in [0.1, 0.15) is 0 Å². The van der Waals surface area contributed by atoms with Crippen molar-refractivity contribution in [1.82, 2.24) is 20.4 Å². The molecular formula is C26H36N4. The number of rotatable bonds is 4. The highest BCUT2D eigenvalue weighted by Gasteiger charge is 2.19. The third-order valence-corrected chi connectivity index (χ3v) is 6.74. The van der Waals surface area contributed by atoms with Gasteiger partial charge in [-0.2, -0.15) is 10.2 Å². The van der Waals surface area contributed by atoms with Crippen LogP contribution in [0.25, 0.3) is 22.5 Å². The molecule has 0 amide bonds. The molecule has 0 saturated heterocycles. The van der Waals surface area contributed by atoms with E-state index in [0.717, 1.165) is 22.5 Å². The monoisotopic (exact) mass is 404 g/mol. The molecule has 1 aromatic carbocycles. The summed E-state index contributed by atoms with van der Waals surface area (Å²) in [4.78, 5) is 0. The summed E-state index contributed by atoms with van der Waals surface area (Å²) >= 11 is 0. The maximum atomic E-state index is 4.62. The lowest BCUT2D eigenvalue weighted by Crippen LogP contribution is -2.04. The van der Waals surface area contributed by atoms with Crippen LogP contribution in [0.5, 0.6) is 0 Å². The fourth-order valence-electron chi connectivity index (χ4n) is 5.05. The van der Waals surface area contributed by atoms with E-state index in [1.54, 1.807) is 0 Å². The van der Waals surface area contributed by atoms with Crippen LogP contribution in [0.2, 0.25) is 0 Å². The van der Waals surface area contributed by atoms with Crippen LogP contribution in [-0.2, 0) is 0 Å². The summed E-state index contributed by atoms with van der Waals surface area (Å²) in [5.41, 5.74) is 7.03. The lowest BCUT2D eigenvalue weighted by Gasteiger charge is -2.19. The fraction of sp³-hybridized carbons (Fsp3) is 0.538. The Morgan fingerprint density at radius 2 is 1.07 bits per heavy atom. The van der Waals surface area contributed by atoms with Gasteiger partial charge in [-0.05, 0) is 43.9 Å². The SMILES string of the molecule is CC.c1cc(-c2cc(C3CCCCC3)[nH]n2)cc(-c2cc(C3CCCCC3)[nH]n2)c1. The van der Waals surface area contributed by atoms with Gasteiger partial charge in [0.2, 0.25) is 0 Å². The molecule has 2 fully saturated rings. The number of hydrogen-bond donors (Lipinski definition) is 2. The van der Waals surface area contributed by atoms with Gasteiger partial charge in [0.05, 0.1) is 11.4 Å². The second-order valence-electron chi connectivity index (χ2n) is 8.67. The maximum absolute atomic E-state index is 4.62. The first-order valence-electron chi connectivity index (χ1n) is 12.1. The third kappa shape index (κ3) is 4.69. The minimum atomic E-state index is 0.655. The van der Waals surface area contributed by atoms with Gasteiger partial charge in [-0.25, -0.2) is 0 Å². The standard InChI is InChI=1S/C24H30N4.C2H6/c1-3-8-17(9-4-1)21-15-23(27-25-21)19-12-7-13-20(14-19)24-16-22(26-28-24)18-10-5-2-6-11-18;1-2/h7,12-18H,1-6,8-11H2,(H,25,27)(H,26,28);1-2H3. The lowest BCUT2D eigenvalue weighted by atomic mass is 9.86. The second-order valence-corrected chi connectivity index (χ2v) is 8.67. The van der Waals surface area contributed by atoms with Gasteiger partial charge in [-0.15, -0.1) is 0 Å². The molecule has 160 valence electrons. The molecule has 0 atom stereocenters. The summed E-state index contributed by atoms with van der Waals surface area (Å²) in [6.45, 7) is 4.00. The predicted molar refractivity (Wildman–Crippen MR) is 125 cm³/mol. The smallest absolute Gasteiger partial charge is 0.0923 e. The third-order valence-electron chi connectivity index (χ3n) is 6.74. The number of hydrogen-bond acceptors (Lipinski definition) is 2.